The molecule has 0 saturated carbocycles. The van der Waals surface area contributed by atoms with Gasteiger partial charge >= 0.3 is 5.97 Å². The lowest BCUT2D eigenvalue weighted by atomic mass is 10.0. The summed E-state index contributed by atoms with van der Waals surface area (Å²) in [5, 5.41) is 0. The van der Waals surface area contributed by atoms with Gasteiger partial charge in [-0.1, -0.05) is 35.9 Å². The highest BCUT2D eigenvalue weighted by Gasteiger charge is 2.25. The molecule has 7 heteroatoms. The summed E-state index contributed by atoms with van der Waals surface area (Å²) in [4.78, 5) is 52.0. The summed E-state index contributed by atoms with van der Waals surface area (Å²) in [7, 11) is 0. The van der Waals surface area contributed by atoms with E-state index in [0.29, 0.717) is 43.1 Å². The number of hydrogen-bond acceptors (Lipinski definition) is 5. The van der Waals surface area contributed by atoms with Crippen molar-refractivity contribution >= 4 is 23.6 Å². The molecule has 0 unspecified atom stereocenters. The third-order valence-corrected chi connectivity index (χ3v) is 5.20. The van der Waals surface area contributed by atoms with E-state index in [1.807, 2.05) is 19.1 Å². The van der Waals surface area contributed by atoms with Crippen molar-refractivity contribution in [2.45, 2.75) is 26.7 Å². The fourth-order valence-corrected chi connectivity index (χ4v) is 3.46. The van der Waals surface area contributed by atoms with Gasteiger partial charge in [-0.15, -0.1) is 0 Å². The molecule has 1 heterocycles. The highest BCUT2D eigenvalue weighted by Crippen LogP contribution is 2.17. The molecule has 0 atom stereocenters. The molecule has 0 aliphatic carbocycles. The first-order valence-electron chi connectivity index (χ1n) is 10.3. The minimum atomic E-state index is -0.447. The molecule has 0 spiro atoms. The van der Waals surface area contributed by atoms with Crippen molar-refractivity contribution in [1.29, 1.82) is 0 Å². The van der Waals surface area contributed by atoms with Gasteiger partial charge in [-0.05, 0) is 25.1 Å². The molecule has 162 valence electrons. The van der Waals surface area contributed by atoms with Gasteiger partial charge in [0.1, 0.15) is 5.75 Å². The van der Waals surface area contributed by atoms with E-state index in [1.54, 1.807) is 40.1 Å². The standard InChI is InChI=1S/C24H26N2O5/c1-17-6-8-19(9-7-17)22(28)10-11-23(29)25-12-14-26(15-13-25)24(30)20-4-3-5-21(16-20)31-18(2)27/h3-9,16H,10-15H2,1-2H3. The SMILES string of the molecule is CC(=O)Oc1cccc(C(=O)N2CCN(C(=O)CCC(=O)c3ccc(C)cc3)CC2)c1. The molecule has 0 aromatic heterocycles. The Bertz CT molecular complexity index is 976. The third-order valence-electron chi connectivity index (χ3n) is 5.20. The molecule has 0 N–H and O–H groups in total. The van der Waals surface area contributed by atoms with Crippen molar-refractivity contribution < 1.29 is 23.9 Å². The summed E-state index contributed by atoms with van der Waals surface area (Å²) in [6.07, 6.45) is 0.328. The molecular weight excluding hydrogens is 396 g/mol. The molecule has 3 rings (SSSR count). The van der Waals surface area contributed by atoms with Gasteiger partial charge in [-0.25, -0.2) is 0 Å². The van der Waals surface area contributed by atoms with Gasteiger partial charge in [-0.3, -0.25) is 19.2 Å². The van der Waals surface area contributed by atoms with Crippen LogP contribution in [0.1, 0.15) is 46.0 Å². The lowest BCUT2D eigenvalue weighted by molar-refractivity contribution is -0.133. The van der Waals surface area contributed by atoms with Gasteiger partial charge < -0.3 is 14.5 Å². The highest BCUT2D eigenvalue weighted by atomic mass is 16.5. The largest absolute Gasteiger partial charge is 0.427 e. The van der Waals surface area contributed by atoms with Crippen molar-refractivity contribution in [3.63, 3.8) is 0 Å². The summed E-state index contributed by atoms with van der Waals surface area (Å²) in [6.45, 7) is 4.93. The minimum Gasteiger partial charge on any atom is -0.427 e. The van der Waals surface area contributed by atoms with E-state index in [0.717, 1.165) is 5.56 Å². The lowest BCUT2D eigenvalue weighted by Gasteiger charge is -2.35. The number of aryl methyl sites for hydroxylation is 1. The maximum absolute atomic E-state index is 12.7. The first kappa shape index (κ1) is 22.2. The molecule has 1 aliphatic heterocycles. The maximum atomic E-state index is 12.7. The van der Waals surface area contributed by atoms with Crippen LogP contribution >= 0.6 is 0 Å². The number of amides is 2. The monoisotopic (exact) mass is 422 g/mol. The molecule has 1 fully saturated rings. The quantitative estimate of drug-likeness (QED) is 0.406. The molecule has 0 bridgehead atoms. The van der Waals surface area contributed by atoms with Crippen LogP contribution in [0, 0.1) is 6.92 Å². The molecule has 2 aromatic carbocycles. The summed E-state index contributed by atoms with van der Waals surface area (Å²) < 4.78 is 5.03. The predicted molar refractivity (Wildman–Crippen MR) is 115 cm³/mol. The Hall–Kier alpha value is -3.48. The molecule has 2 aromatic rings. The second kappa shape index (κ2) is 10.0. The number of Topliss-reactive ketones (excluding diaryl/α,β-unsaturated/α-hetero) is 1. The average Bonchev–Trinajstić information content (AvgIpc) is 2.77. The van der Waals surface area contributed by atoms with Crippen molar-refractivity contribution in [3.05, 3.63) is 65.2 Å². The Morgan fingerprint density at radius 1 is 0.839 bits per heavy atom. The zero-order valence-electron chi connectivity index (χ0n) is 17.8. The summed E-state index contributed by atoms with van der Waals surface area (Å²) in [6, 6.07) is 13.8. The van der Waals surface area contributed by atoms with E-state index >= 15 is 0 Å². The Morgan fingerprint density at radius 2 is 1.48 bits per heavy atom. The van der Waals surface area contributed by atoms with Crippen molar-refractivity contribution in [1.82, 2.24) is 9.80 Å². The summed E-state index contributed by atoms with van der Waals surface area (Å²) >= 11 is 0. The number of ether oxygens (including phenoxy) is 1. The topological polar surface area (TPSA) is 84.0 Å². The van der Waals surface area contributed by atoms with Crippen molar-refractivity contribution in [3.8, 4) is 5.75 Å². The van der Waals surface area contributed by atoms with E-state index < -0.39 is 5.97 Å². The fourth-order valence-electron chi connectivity index (χ4n) is 3.46. The van der Waals surface area contributed by atoms with E-state index in [2.05, 4.69) is 0 Å². The Balaban J connectivity index is 1.49. The molecule has 7 nitrogen and oxygen atoms in total. The van der Waals surface area contributed by atoms with Gasteiger partial charge in [0.15, 0.2) is 5.78 Å². The summed E-state index contributed by atoms with van der Waals surface area (Å²) in [5.41, 5.74) is 2.13. The van der Waals surface area contributed by atoms with Crippen LogP contribution in [0.5, 0.6) is 5.75 Å². The van der Waals surface area contributed by atoms with E-state index in [1.165, 1.54) is 13.0 Å². The van der Waals surface area contributed by atoms with E-state index in [9.17, 15) is 19.2 Å². The Kier molecular flexibility index (Phi) is 7.18. The second-order valence-electron chi connectivity index (χ2n) is 7.58. The smallest absolute Gasteiger partial charge is 0.308 e. The number of rotatable bonds is 6. The molecule has 2 amide bonds. The van der Waals surface area contributed by atoms with E-state index in [4.69, 9.17) is 4.74 Å². The number of esters is 1. The first-order valence-corrected chi connectivity index (χ1v) is 10.3. The summed E-state index contributed by atoms with van der Waals surface area (Å²) in [5.74, 6) is -0.419. The number of piperazine rings is 1. The van der Waals surface area contributed by atoms with Crippen LogP contribution in [0.25, 0.3) is 0 Å². The van der Waals surface area contributed by atoms with Gasteiger partial charge in [-0.2, -0.15) is 0 Å². The van der Waals surface area contributed by atoms with Crippen LogP contribution < -0.4 is 4.74 Å². The second-order valence-corrected chi connectivity index (χ2v) is 7.58. The van der Waals surface area contributed by atoms with Crippen LogP contribution in [0.3, 0.4) is 0 Å². The number of carbonyl (C=O) groups excluding carboxylic acids is 4. The molecule has 1 saturated heterocycles. The average molecular weight is 422 g/mol. The first-order chi connectivity index (χ1) is 14.8. The number of hydrogen-bond donors (Lipinski definition) is 0. The van der Waals surface area contributed by atoms with Crippen LogP contribution in [-0.2, 0) is 9.59 Å². The van der Waals surface area contributed by atoms with Gasteiger partial charge in [0, 0.05) is 57.1 Å². The van der Waals surface area contributed by atoms with Gasteiger partial charge in [0.25, 0.3) is 5.91 Å². The van der Waals surface area contributed by atoms with E-state index in [-0.39, 0.29) is 30.4 Å². The van der Waals surface area contributed by atoms with Gasteiger partial charge in [0.2, 0.25) is 5.91 Å². The van der Waals surface area contributed by atoms with Crippen LogP contribution in [0.4, 0.5) is 0 Å². The number of carbonyl (C=O) groups is 4. The van der Waals surface area contributed by atoms with Crippen LogP contribution in [0.2, 0.25) is 0 Å². The van der Waals surface area contributed by atoms with Crippen LogP contribution in [-0.4, -0.2) is 59.5 Å². The number of benzene rings is 2. The fraction of sp³-hybridized carbons (Fsp3) is 0.333. The maximum Gasteiger partial charge on any atom is 0.308 e. The zero-order chi connectivity index (χ0) is 22.4. The van der Waals surface area contributed by atoms with Gasteiger partial charge in [0.05, 0.1) is 0 Å². The highest BCUT2D eigenvalue weighted by molar-refractivity contribution is 5.98. The Labute approximate surface area is 181 Å². The zero-order valence-corrected chi connectivity index (χ0v) is 17.8. The van der Waals surface area contributed by atoms with Crippen molar-refractivity contribution in [2.24, 2.45) is 0 Å². The minimum absolute atomic E-state index is 0.0465. The normalized spacial score (nSPS) is 13.6. The van der Waals surface area contributed by atoms with Crippen LogP contribution in [0.15, 0.2) is 48.5 Å². The molecule has 0 radical (unpaired) electrons. The third kappa shape index (κ3) is 6.01. The Morgan fingerprint density at radius 3 is 2.13 bits per heavy atom. The molecule has 1 aliphatic rings. The van der Waals surface area contributed by atoms with Crippen molar-refractivity contribution in [2.75, 3.05) is 26.2 Å². The molecular formula is C24H26N2O5. The molecule has 31 heavy (non-hydrogen) atoms. The number of nitrogens with zero attached hydrogens (tertiary/aromatic N) is 2. The number of ketones is 1. The lowest BCUT2D eigenvalue weighted by Crippen LogP contribution is -2.50. The predicted octanol–water partition coefficient (Wildman–Crippen LogP) is 2.87.